The molecule has 1 fully saturated rings. The van der Waals surface area contributed by atoms with Crippen molar-refractivity contribution in [3.05, 3.63) is 48.8 Å². The summed E-state index contributed by atoms with van der Waals surface area (Å²) < 4.78 is 11.8. The highest BCUT2D eigenvalue weighted by molar-refractivity contribution is 6.55. The lowest BCUT2D eigenvalue weighted by molar-refractivity contribution is 0.00578. The first-order chi connectivity index (χ1) is 8.60. The minimum absolute atomic E-state index is 0.374. The third kappa shape index (κ3) is 3.40. The minimum Gasteiger partial charge on any atom is -0.399 e. The summed E-state index contributed by atoms with van der Waals surface area (Å²) in [5, 5.41) is 3.08. The van der Waals surface area contributed by atoms with Gasteiger partial charge in [0, 0.05) is 11.4 Å². The van der Waals surface area contributed by atoms with Crippen LogP contribution in [-0.4, -0.2) is 18.3 Å². The van der Waals surface area contributed by atoms with Gasteiger partial charge in [0.2, 0.25) is 0 Å². The van der Waals surface area contributed by atoms with Crippen LogP contribution in [0.3, 0.4) is 0 Å². The summed E-state index contributed by atoms with van der Waals surface area (Å²) in [7, 11) is -0.483. The average molecular weight is 261 g/mol. The highest BCUT2D eigenvalue weighted by Gasteiger charge is 2.52. The first-order valence-electron chi connectivity index (χ1n) is 6.43. The molecule has 0 unspecified atom stereocenters. The van der Waals surface area contributed by atoms with Crippen LogP contribution in [-0.2, 0) is 9.31 Å². The Labute approximate surface area is 117 Å². The normalized spacial score (nSPS) is 20.6. The van der Waals surface area contributed by atoms with Crippen LogP contribution in [0.1, 0.15) is 34.6 Å². The molecule has 0 aromatic rings. The van der Waals surface area contributed by atoms with E-state index in [0.717, 1.165) is 5.70 Å². The first kappa shape index (κ1) is 15.8. The van der Waals surface area contributed by atoms with Crippen LogP contribution >= 0.6 is 0 Å². The number of hydrogen-bond donors (Lipinski definition) is 1. The Morgan fingerprint density at radius 3 is 1.95 bits per heavy atom. The van der Waals surface area contributed by atoms with E-state index in [1.807, 2.05) is 46.8 Å². The van der Waals surface area contributed by atoms with E-state index in [-0.39, 0.29) is 11.2 Å². The first-order valence-corrected chi connectivity index (χ1v) is 6.43. The lowest BCUT2D eigenvalue weighted by Crippen LogP contribution is -2.41. The predicted octanol–water partition coefficient (Wildman–Crippen LogP) is 3.37. The largest absolute Gasteiger partial charge is 0.496 e. The van der Waals surface area contributed by atoms with Crippen LogP contribution in [0.5, 0.6) is 0 Å². The van der Waals surface area contributed by atoms with E-state index in [0.29, 0.717) is 11.2 Å². The molecular formula is C15H24BNO2. The summed E-state index contributed by atoms with van der Waals surface area (Å²) in [6.07, 6.45) is 3.77. The van der Waals surface area contributed by atoms with Crippen molar-refractivity contribution in [3.8, 4) is 0 Å². The molecule has 1 saturated heterocycles. The summed E-state index contributed by atoms with van der Waals surface area (Å²) in [6.45, 7) is 21.8. The van der Waals surface area contributed by atoms with Gasteiger partial charge in [-0.1, -0.05) is 25.8 Å². The fourth-order valence-corrected chi connectivity index (χ4v) is 1.64. The smallest absolute Gasteiger partial charge is 0.399 e. The van der Waals surface area contributed by atoms with Crippen molar-refractivity contribution in [1.82, 2.24) is 5.32 Å². The summed E-state index contributed by atoms with van der Waals surface area (Å²) in [5.74, 6) is 0. The Morgan fingerprint density at radius 2 is 1.53 bits per heavy atom. The van der Waals surface area contributed by atoms with E-state index < -0.39 is 7.12 Å². The topological polar surface area (TPSA) is 30.5 Å². The molecule has 0 spiro atoms. The van der Waals surface area contributed by atoms with E-state index in [1.165, 1.54) is 0 Å². The molecule has 0 amide bonds. The SMILES string of the molecule is C=C(/C=C\C)NC(=C)C(=C)B1OC(C)(C)C(C)(C)O1. The molecule has 0 radical (unpaired) electrons. The Balaban J connectivity index is 2.71. The molecule has 1 rings (SSSR count). The second kappa shape index (κ2) is 5.39. The summed E-state index contributed by atoms with van der Waals surface area (Å²) in [6, 6.07) is 0. The number of rotatable bonds is 5. The Bertz CT molecular complexity index is 419. The second-order valence-corrected chi connectivity index (χ2v) is 5.74. The molecule has 0 aromatic heterocycles. The summed E-state index contributed by atoms with van der Waals surface area (Å²) in [4.78, 5) is 0. The van der Waals surface area contributed by atoms with Crippen LogP contribution in [0.15, 0.2) is 48.8 Å². The molecular weight excluding hydrogens is 237 g/mol. The Morgan fingerprint density at radius 1 is 1.05 bits per heavy atom. The molecule has 0 bridgehead atoms. The fraction of sp³-hybridized carbons (Fsp3) is 0.467. The van der Waals surface area contributed by atoms with E-state index in [2.05, 4.69) is 25.1 Å². The Hall–Kier alpha value is -1.26. The van der Waals surface area contributed by atoms with Gasteiger partial charge in [-0.15, -0.1) is 0 Å². The van der Waals surface area contributed by atoms with E-state index in [1.54, 1.807) is 0 Å². The van der Waals surface area contributed by atoms with Crippen molar-refractivity contribution in [2.45, 2.75) is 45.8 Å². The maximum absolute atomic E-state index is 5.92. The van der Waals surface area contributed by atoms with Crippen molar-refractivity contribution in [2.75, 3.05) is 0 Å². The van der Waals surface area contributed by atoms with Gasteiger partial charge >= 0.3 is 7.12 Å². The van der Waals surface area contributed by atoms with Crippen LogP contribution < -0.4 is 5.32 Å². The fourth-order valence-electron chi connectivity index (χ4n) is 1.64. The molecule has 0 aromatic carbocycles. The van der Waals surface area contributed by atoms with Gasteiger partial charge in [-0.25, -0.2) is 0 Å². The van der Waals surface area contributed by atoms with Gasteiger partial charge in [-0.2, -0.15) is 0 Å². The standard InChI is InChI=1S/C15H24BNO2/c1-9-10-11(2)17-13(4)12(3)16-18-14(5,6)15(7,8)19-16/h9-10,17H,2-4H2,1,5-8H3/b10-9-. The van der Waals surface area contributed by atoms with E-state index in [9.17, 15) is 0 Å². The van der Waals surface area contributed by atoms with Crippen molar-refractivity contribution in [1.29, 1.82) is 0 Å². The Kier molecular flexibility index (Phi) is 4.48. The third-order valence-corrected chi connectivity index (χ3v) is 3.60. The van der Waals surface area contributed by atoms with Gasteiger partial charge in [-0.05, 0) is 46.2 Å². The monoisotopic (exact) mass is 261 g/mol. The van der Waals surface area contributed by atoms with Gasteiger partial charge in [0.05, 0.1) is 11.2 Å². The highest BCUT2D eigenvalue weighted by Crippen LogP contribution is 2.38. The maximum atomic E-state index is 5.92. The quantitative estimate of drug-likeness (QED) is 0.608. The molecule has 104 valence electrons. The van der Waals surface area contributed by atoms with Crippen molar-refractivity contribution >= 4 is 7.12 Å². The highest BCUT2D eigenvalue weighted by atomic mass is 16.7. The molecule has 0 atom stereocenters. The molecule has 1 aliphatic heterocycles. The minimum atomic E-state index is -0.483. The summed E-state index contributed by atoms with van der Waals surface area (Å²) >= 11 is 0. The summed E-state index contributed by atoms with van der Waals surface area (Å²) in [5.41, 5.74) is 1.35. The zero-order valence-corrected chi connectivity index (χ0v) is 12.7. The van der Waals surface area contributed by atoms with Gasteiger partial charge in [0.1, 0.15) is 0 Å². The van der Waals surface area contributed by atoms with Gasteiger partial charge in [0.25, 0.3) is 0 Å². The van der Waals surface area contributed by atoms with Gasteiger partial charge < -0.3 is 14.6 Å². The predicted molar refractivity (Wildman–Crippen MR) is 81.5 cm³/mol. The van der Waals surface area contributed by atoms with Crippen LogP contribution in [0, 0.1) is 0 Å². The molecule has 4 heteroatoms. The van der Waals surface area contributed by atoms with Gasteiger partial charge in [-0.3, -0.25) is 0 Å². The molecule has 1 aliphatic rings. The van der Waals surface area contributed by atoms with Crippen molar-refractivity contribution < 1.29 is 9.31 Å². The third-order valence-electron chi connectivity index (χ3n) is 3.60. The molecule has 0 saturated carbocycles. The number of allylic oxidation sites excluding steroid dienone is 3. The van der Waals surface area contributed by atoms with Crippen LogP contribution in [0.2, 0.25) is 0 Å². The molecule has 1 N–H and O–H groups in total. The maximum Gasteiger partial charge on any atom is 0.496 e. The second-order valence-electron chi connectivity index (χ2n) is 5.74. The van der Waals surface area contributed by atoms with Crippen molar-refractivity contribution in [2.24, 2.45) is 0 Å². The average Bonchev–Trinajstić information content (AvgIpc) is 2.47. The van der Waals surface area contributed by atoms with Crippen molar-refractivity contribution in [3.63, 3.8) is 0 Å². The number of nitrogens with one attached hydrogen (secondary N) is 1. The van der Waals surface area contributed by atoms with Crippen LogP contribution in [0.25, 0.3) is 0 Å². The zero-order valence-electron chi connectivity index (χ0n) is 12.7. The van der Waals surface area contributed by atoms with E-state index >= 15 is 0 Å². The van der Waals surface area contributed by atoms with Gasteiger partial charge in [0.15, 0.2) is 0 Å². The van der Waals surface area contributed by atoms with E-state index in [4.69, 9.17) is 9.31 Å². The molecule has 3 nitrogen and oxygen atoms in total. The lowest BCUT2D eigenvalue weighted by Gasteiger charge is -2.32. The number of hydrogen-bond acceptors (Lipinski definition) is 3. The molecule has 19 heavy (non-hydrogen) atoms. The lowest BCUT2D eigenvalue weighted by atomic mass is 9.77. The molecule has 1 heterocycles. The zero-order chi connectivity index (χ0) is 14.8. The molecule has 0 aliphatic carbocycles. The van der Waals surface area contributed by atoms with Crippen LogP contribution in [0.4, 0.5) is 0 Å².